The van der Waals surface area contributed by atoms with Crippen LogP contribution in [0.3, 0.4) is 0 Å². The van der Waals surface area contributed by atoms with Crippen molar-refractivity contribution in [3.8, 4) is 0 Å². The Labute approximate surface area is 179 Å². The maximum absolute atomic E-state index is 13.3. The first-order valence-electron chi connectivity index (χ1n) is 9.90. The minimum absolute atomic E-state index is 0.0769. The van der Waals surface area contributed by atoms with Gasteiger partial charge in [0.05, 0.1) is 20.8 Å². The number of amides is 1. The van der Waals surface area contributed by atoms with Crippen LogP contribution >= 0.6 is 0 Å². The molecule has 0 radical (unpaired) electrons. The van der Waals surface area contributed by atoms with Crippen LogP contribution in [-0.2, 0) is 45.5 Å². The molecule has 2 aromatic rings. The molecule has 31 heavy (non-hydrogen) atoms. The fourth-order valence-corrected chi connectivity index (χ4v) is 4.05. The number of methoxy groups -OCH3 is 2. The molecule has 2 fully saturated rings. The van der Waals surface area contributed by atoms with E-state index in [0.29, 0.717) is 5.56 Å². The minimum atomic E-state index is -1.40. The Morgan fingerprint density at radius 1 is 1.03 bits per heavy atom. The second-order valence-electron chi connectivity index (χ2n) is 7.41. The Balaban J connectivity index is 1.74. The number of hydrogen-bond acceptors (Lipinski definition) is 7. The van der Waals surface area contributed by atoms with Crippen molar-refractivity contribution < 1.29 is 33.3 Å². The lowest BCUT2D eigenvalue weighted by molar-refractivity contribution is -0.223. The van der Waals surface area contributed by atoms with E-state index in [0.717, 1.165) is 5.56 Å². The first kappa shape index (κ1) is 21.0. The number of morpholine rings is 1. The molecule has 4 atom stereocenters. The molecule has 2 aromatic carbocycles. The smallest absolute Gasteiger partial charge is 0.338 e. The third-order valence-electron chi connectivity index (χ3n) is 5.58. The maximum Gasteiger partial charge on any atom is 0.338 e. The molecule has 8 heteroatoms. The number of fused-ring (bicyclic) bond motifs is 2. The summed E-state index contributed by atoms with van der Waals surface area (Å²) in [5.41, 5.74) is 1.50. The maximum atomic E-state index is 13.3. The van der Waals surface area contributed by atoms with Crippen LogP contribution in [0.2, 0.25) is 0 Å². The van der Waals surface area contributed by atoms with Gasteiger partial charge in [-0.15, -0.1) is 0 Å². The Bertz CT molecular complexity index is 964. The normalized spacial score (nSPS) is 25.7. The van der Waals surface area contributed by atoms with E-state index in [1.54, 1.807) is 24.3 Å². The van der Waals surface area contributed by atoms with Crippen LogP contribution in [0.1, 0.15) is 11.1 Å². The summed E-state index contributed by atoms with van der Waals surface area (Å²) in [6.07, 6.45) is -2.22. The summed E-state index contributed by atoms with van der Waals surface area (Å²) >= 11 is 0. The van der Waals surface area contributed by atoms with E-state index in [-0.39, 0.29) is 13.0 Å². The van der Waals surface area contributed by atoms with Crippen molar-refractivity contribution in [1.82, 2.24) is 4.90 Å². The van der Waals surface area contributed by atoms with Gasteiger partial charge in [0.1, 0.15) is 6.04 Å². The van der Waals surface area contributed by atoms with Crippen molar-refractivity contribution in [3.63, 3.8) is 0 Å². The zero-order valence-corrected chi connectivity index (χ0v) is 17.2. The number of hydrogen-bond donors (Lipinski definition) is 0. The molecular formula is C23H23NO7. The summed E-state index contributed by atoms with van der Waals surface area (Å²) in [5.74, 6) is -3.19. The average Bonchev–Trinajstić information content (AvgIpc) is 3.16. The second-order valence-corrected chi connectivity index (χ2v) is 7.41. The monoisotopic (exact) mass is 425 g/mol. The summed E-state index contributed by atoms with van der Waals surface area (Å²) in [5, 5.41) is 0. The van der Waals surface area contributed by atoms with Crippen LogP contribution in [-0.4, -0.2) is 61.8 Å². The number of nitrogens with zero attached hydrogens (tertiary/aromatic N) is 1. The number of ether oxygens (including phenoxy) is 4. The number of benzene rings is 2. The highest BCUT2D eigenvalue weighted by atomic mass is 16.8. The van der Waals surface area contributed by atoms with Crippen LogP contribution in [0.4, 0.5) is 0 Å². The van der Waals surface area contributed by atoms with E-state index in [4.69, 9.17) is 18.9 Å². The molecule has 0 N–H and O–H groups in total. The number of carbonyl (C=O) groups excluding carboxylic acids is 3. The van der Waals surface area contributed by atoms with Crippen molar-refractivity contribution >= 4 is 17.8 Å². The molecule has 162 valence electrons. The van der Waals surface area contributed by atoms with Crippen LogP contribution < -0.4 is 0 Å². The highest BCUT2D eigenvalue weighted by molar-refractivity contribution is 5.93. The van der Waals surface area contributed by atoms with Gasteiger partial charge in [0.2, 0.25) is 5.79 Å². The topological polar surface area (TPSA) is 91.4 Å². The van der Waals surface area contributed by atoms with Crippen LogP contribution in [0.5, 0.6) is 0 Å². The van der Waals surface area contributed by atoms with Crippen molar-refractivity contribution in [2.24, 2.45) is 0 Å². The lowest BCUT2D eigenvalue weighted by Crippen LogP contribution is -2.59. The van der Waals surface area contributed by atoms with Crippen molar-refractivity contribution in [3.05, 3.63) is 71.8 Å². The van der Waals surface area contributed by atoms with Gasteiger partial charge in [-0.2, -0.15) is 0 Å². The molecule has 4 rings (SSSR count). The van der Waals surface area contributed by atoms with E-state index in [1.165, 1.54) is 19.1 Å². The molecule has 0 aliphatic carbocycles. The minimum Gasteiger partial charge on any atom is -0.467 e. The Hall–Kier alpha value is -3.23. The number of esters is 2. The van der Waals surface area contributed by atoms with Gasteiger partial charge in [0.25, 0.3) is 5.91 Å². The quantitative estimate of drug-likeness (QED) is 0.647. The van der Waals surface area contributed by atoms with Gasteiger partial charge in [-0.05, 0) is 5.56 Å². The average molecular weight is 425 g/mol. The SMILES string of the molecule is COC(=O)[C@@H]1O[C@@]2(c3ccccc3)CN([C@@H](Cc3ccccc3)C(=O)OC)C(=O)[C@@H]1O2. The van der Waals surface area contributed by atoms with Gasteiger partial charge < -0.3 is 23.8 Å². The van der Waals surface area contributed by atoms with E-state index >= 15 is 0 Å². The summed E-state index contributed by atoms with van der Waals surface area (Å²) < 4.78 is 21.8. The molecule has 2 bridgehead atoms. The van der Waals surface area contributed by atoms with Gasteiger partial charge in [0, 0.05) is 12.0 Å². The highest BCUT2D eigenvalue weighted by Gasteiger charge is 2.62. The molecule has 1 amide bonds. The molecule has 0 spiro atoms. The van der Waals surface area contributed by atoms with Crippen molar-refractivity contribution in [2.45, 2.75) is 30.5 Å². The molecule has 2 aliphatic heterocycles. The first-order valence-corrected chi connectivity index (χ1v) is 9.90. The zero-order chi connectivity index (χ0) is 22.0. The molecule has 0 unspecified atom stereocenters. The van der Waals surface area contributed by atoms with Gasteiger partial charge in [-0.25, -0.2) is 9.59 Å². The molecule has 8 nitrogen and oxygen atoms in total. The van der Waals surface area contributed by atoms with Gasteiger partial charge in [0.15, 0.2) is 12.2 Å². The highest BCUT2D eigenvalue weighted by Crippen LogP contribution is 2.43. The Kier molecular flexibility index (Phi) is 5.75. The predicted octanol–water partition coefficient (Wildman–Crippen LogP) is 1.42. The molecular weight excluding hydrogens is 402 g/mol. The van der Waals surface area contributed by atoms with Crippen LogP contribution in [0.15, 0.2) is 60.7 Å². The largest absolute Gasteiger partial charge is 0.467 e. The Morgan fingerprint density at radius 2 is 1.68 bits per heavy atom. The molecule has 2 saturated heterocycles. The molecule has 2 aliphatic rings. The third kappa shape index (κ3) is 3.80. The summed E-state index contributed by atoms with van der Waals surface area (Å²) in [4.78, 5) is 39.8. The van der Waals surface area contributed by atoms with Crippen molar-refractivity contribution in [2.75, 3.05) is 20.8 Å². The van der Waals surface area contributed by atoms with Gasteiger partial charge in [-0.1, -0.05) is 60.7 Å². The van der Waals surface area contributed by atoms with Gasteiger partial charge in [-0.3, -0.25) is 4.79 Å². The summed E-state index contributed by atoms with van der Waals surface area (Å²) in [6.45, 7) is -0.0769. The summed E-state index contributed by atoms with van der Waals surface area (Å²) in [7, 11) is 2.50. The van der Waals surface area contributed by atoms with E-state index in [1.807, 2.05) is 36.4 Å². The zero-order valence-electron chi connectivity index (χ0n) is 17.2. The molecule has 2 heterocycles. The Morgan fingerprint density at radius 3 is 2.29 bits per heavy atom. The van der Waals surface area contributed by atoms with E-state index in [2.05, 4.69) is 0 Å². The summed E-state index contributed by atoms with van der Waals surface area (Å²) in [6, 6.07) is 17.4. The predicted molar refractivity (Wildman–Crippen MR) is 108 cm³/mol. The number of carbonyl (C=O) groups is 3. The third-order valence-corrected chi connectivity index (χ3v) is 5.58. The molecule has 0 saturated carbocycles. The fraction of sp³-hybridized carbons (Fsp3) is 0.348. The van der Waals surface area contributed by atoms with Crippen LogP contribution in [0, 0.1) is 0 Å². The lowest BCUT2D eigenvalue weighted by Gasteiger charge is -2.41. The first-order chi connectivity index (χ1) is 15.0. The van der Waals surface area contributed by atoms with E-state index < -0.39 is 41.9 Å². The lowest BCUT2D eigenvalue weighted by atomic mass is 9.99. The second kappa shape index (κ2) is 8.49. The van der Waals surface area contributed by atoms with Crippen molar-refractivity contribution in [1.29, 1.82) is 0 Å². The van der Waals surface area contributed by atoms with Crippen LogP contribution in [0.25, 0.3) is 0 Å². The number of rotatable bonds is 6. The standard InChI is InChI=1S/C23H23NO7/c1-28-21(26)17(13-15-9-5-3-6-10-15)24-14-23(16-11-7-4-8-12-16)30-18(20(24)25)19(31-23)22(27)29-2/h3-12,17-19H,13-14H2,1-2H3/t17-,18+,19+,23+/m0/s1. The van der Waals surface area contributed by atoms with E-state index in [9.17, 15) is 14.4 Å². The van der Waals surface area contributed by atoms with Gasteiger partial charge >= 0.3 is 11.9 Å². The fourth-order valence-electron chi connectivity index (χ4n) is 4.05. The molecule has 0 aromatic heterocycles.